The van der Waals surface area contributed by atoms with Crippen LogP contribution in [0.25, 0.3) is 0 Å². The van der Waals surface area contributed by atoms with E-state index in [1.54, 1.807) is 6.92 Å². The second-order valence-corrected chi connectivity index (χ2v) is 2.86. The number of rotatable bonds is 4. The number of nitrogens with zero attached hydrogens (tertiary/aromatic N) is 1. The Morgan fingerprint density at radius 1 is 1.10 bits per heavy atom. The van der Waals surface area contributed by atoms with Crippen LogP contribution in [0.5, 0.6) is 0 Å². The zero-order chi connectivity index (χ0) is 15.7. The third-order valence-electron chi connectivity index (χ3n) is 1.84. The average Bonchev–Trinajstić information content (AvgIpc) is 2.51. The van der Waals surface area contributed by atoms with Crippen molar-refractivity contribution >= 4 is 5.78 Å². The molecule has 0 fully saturated rings. The standard InChI is InChI=1S/C12H13O.2CO.Fe.NO/c1-3-12(10(2)13)9-11-7-5-4-6-8-11;2*1-2;;1-2/h3-9H,1-2H3;;;;. The van der Waals surface area contributed by atoms with Crippen LogP contribution in [0.1, 0.15) is 19.4 Å². The molecule has 0 aliphatic heterocycles. The largest absolute Gasteiger partial charge is 0.120 e. The topological polar surface area (TPSA) is 96.2 Å². The summed E-state index contributed by atoms with van der Waals surface area (Å²) in [6, 6.07) is 9.83. The monoisotopic (exact) mass is 315 g/mol. The molecule has 0 aromatic heterocycles. The van der Waals surface area contributed by atoms with E-state index in [2.05, 4.69) is 13.3 Å². The molecule has 0 bridgehead atoms. The summed E-state index contributed by atoms with van der Waals surface area (Å²) in [6.45, 7) is 12.4. The second kappa shape index (κ2) is 22.7. The number of nitroso groups, excluding NO2 is 1. The predicted molar refractivity (Wildman–Crippen MR) is 67.1 cm³/mol. The van der Waals surface area contributed by atoms with Crippen LogP contribution in [0.2, 0.25) is 0 Å². The fraction of sp³-hybridized carbons (Fsp3) is 0.143. The SMILES string of the molecule is C[CH][C]([CH]c1ccccc1)C(C)=O.[C-]#[O+].[C-]#[O+].[Fe].[N]=O. The molecule has 0 unspecified atom stereocenters. The first kappa shape index (κ1) is 26.9. The minimum atomic E-state index is 0. The maximum atomic E-state index is 11.1. The fourth-order valence-electron chi connectivity index (χ4n) is 1.12. The number of hydrogen-bond acceptors (Lipinski definition) is 2. The maximum absolute atomic E-state index is 11.1. The number of Topliss-reactive ketones (excluding diaryl/α,β-unsaturated/α-hetero) is 1. The normalized spacial score (nSPS) is 7.15. The van der Waals surface area contributed by atoms with E-state index in [0.717, 1.165) is 11.5 Å². The number of ketones is 1. The molecule has 0 heterocycles. The van der Waals surface area contributed by atoms with Crippen molar-refractivity contribution in [1.82, 2.24) is 5.59 Å². The molecule has 20 heavy (non-hydrogen) atoms. The Morgan fingerprint density at radius 3 is 1.80 bits per heavy atom. The van der Waals surface area contributed by atoms with E-state index < -0.39 is 0 Å². The van der Waals surface area contributed by atoms with Crippen molar-refractivity contribution in [3.63, 3.8) is 0 Å². The van der Waals surface area contributed by atoms with Crippen LogP contribution in [-0.4, -0.2) is 5.78 Å². The van der Waals surface area contributed by atoms with Gasteiger partial charge in [0.05, 0.1) is 5.92 Å². The summed E-state index contributed by atoms with van der Waals surface area (Å²) in [6.07, 6.45) is 3.72. The summed E-state index contributed by atoms with van der Waals surface area (Å²) in [5.41, 5.74) is 6.81. The number of hydrogen-bond donors (Lipinski definition) is 0. The molecule has 0 amide bonds. The van der Waals surface area contributed by atoms with Crippen LogP contribution in [0.3, 0.4) is 0 Å². The van der Waals surface area contributed by atoms with Crippen molar-refractivity contribution in [1.29, 1.82) is 0 Å². The predicted octanol–water partition coefficient (Wildman–Crippen LogP) is 2.10. The molecule has 5 nitrogen and oxygen atoms in total. The first-order valence-corrected chi connectivity index (χ1v) is 4.90. The van der Waals surface area contributed by atoms with Crippen LogP contribution in [-0.2, 0) is 31.2 Å². The minimum Gasteiger partial charge on any atom is -0.120 e. The van der Waals surface area contributed by atoms with E-state index in [1.807, 2.05) is 50.1 Å². The first-order chi connectivity index (χ1) is 9.24. The van der Waals surface area contributed by atoms with E-state index in [4.69, 9.17) is 19.8 Å². The van der Waals surface area contributed by atoms with Crippen LogP contribution in [0, 0.1) is 37.0 Å². The molecule has 1 aromatic rings. The van der Waals surface area contributed by atoms with Gasteiger partial charge in [-0.05, 0) is 18.9 Å². The fourth-order valence-corrected chi connectivity index (χ4v) is 1.12. The molecule has 6 heteroatoms. The van der Waals surface area contributed by atoms with Crippen molar-refractivity contribution < 1.29 is 31.2 Å². The van der Waals surface area contributed by atoms with Crippen LogP contribution >= 0.6 is 0 Å². The molecule has 0 aliphatic rings. The summed E-state index contributed by atoms with van der Waals surface area (Å²) >= 11 is 0. The van der Waals surface area contributed by atoms with Gasteiger partial charge in [-0.3, -0.25) is 4.79 Å². The van der Waals surface area contributed by atoms with Gasteiger partial charge in [0.15, 0.2) is 0 Å². The molecule has 0 saturated heterocycles. The summed E-state index contributed by atoms with van der Waals surface area (Å²) in [4.78, 5) is 18.3. The average molecular weight is 315 g/mol. The van der Waals surface area contributed by atoms with Crippen molar-refractivity contribution in [2.75, 3.05) is 0 Å². The van der Waals surface area contributed by atoms with Gasteiger partial charge in [0, 0.05) is 23.5 Å². The molecule has 0 atom stereocenters. The molecule has 0 spiro atoms. The molecule has 0 aliphatic carbocycles. The van der Waals surface area contributed by atoms with Gasteiger partial charge in [-0.2, -0.15) is 0 Å². The minimum absolute atomic E-state index is 0. The van der Waals surface area contributed by atoms with Crippen molar-refractivity contribution in [3.8, 4) is 0 Å². The Labute approximate surface area is 129 Å². The summed E-state index contributed by atoms with van der Waals surface area (Å²) < 4.78 is 15.0. The van der Waals surface area contributed by atoms with Crippen molar-refractivity contribution in [2.24, 2.45) is 0 Å². The van der Waals surface area contributed by atoms with E-state index in [9.17, 15) is 4.79 Å². The van der Waals surface area contributed by atoms with Crippen LogP contribution in [0.4, 0.5) is 0 Å². The van der Waals surface area contributed by atoms with Gasteiger partial charge < -0.3 is 0 Å². The zero-order valence-electron chi connectivity index (χ0n) is 11.0. The van der Waals surface area contributed by atoms with E-state index in [0.29, 0.717) is 0 Å². The molecule has 1 aromatic carbocycles. The van der Waals surface area contributed by atoms with E-state index in [1.165, 1.54) is 0 Å². The quantitative estimate of drug-likeness (QED) is 0.483. The number of carbonyl (C=O) groups is 1. The number of carbonyl (C=O) groups excluding carboxylic acids is 1. The third-order valence-corrected chi connectivity index (χ3v) is 1.84. The van der Waals surface area contributed by atoms with Crippen LogP contribution < -0.4 is 5.59 Å². The Hall–Kier alpha value is -1.51. The second-order valence-electron chi connectivity index (χ2n) is 2.86. The Balaban J connectivity index is -0.000000162. The molecule has 0 saturated carbocycles. The van der Waals surface area contributed by atoms with Gasteiger partial charge in [0.1, 0.15) is 11.4 Å². The molecule has 4 radical (unpaired) electrons. The third kappa shape index (κ3) is 14.6. The smallest absolute Gasteiger partial charge is 0.120 e. The summed E-state index contributed by atoms with van der Waals surface area (Å²) in [5, 5.41) is 0. The molecular formula is C14H13FeNO4. The van der Waals surface area contributed by atoms with Gasteiger partial charge >= 0.3 is 22.6 Å². The Morgan fingerprint density at radius 2 is 1.50 bits per heavy atom. The van der Waals surface area contributed by atoms with Gasteiger partial charge in [-0.25, -0.2) is 0 Å². The first-order valence-electron chi connectivity index (χ1n) is 4.90. The van der Waals surface area contributed by atoms with Gasteiger partial charge in [-0.1, -0.05) is 37.3 Å². The van der Waals surface area contributed by atoms with Gasteiger partial charge in [-0.15, -0.1) is 4.91 Å². The van der Waals surface area contributed by atoms with E-state index >= 15 is 0 Å². The molecular weight excluding hydrogens is 302 g/mol. The zero-order valence-corrected chi connectivity index (χ0v) is 12.1. The van der Waals surface area contributed by atoms with E-state index in [-0.39, 0.29) is 22.9 Å². The number of benzene rings is 1. The molecule has 0 N–H and O–H groups in total. The van der Waals surface area contributed by atoms with Crippen molar-refractivity contribution in [2.45, 2.75) is 13.8 Å². The Bertz CT molecular complexity index is 359. The molecule has 1 rings (SSSR count). The maximum Gasteiger partial charge on any atom is 0.120 e. The van der Waals surface area contributed by atoms with Gasteiger partial charge in [0.25, 0.3) is 0 Å². The summed E-state index contributed by atoms with van der Waals surface area (Å²) in [7, 11) is 0. The van der Waals surface area contributed by atoms with Crippen LogP contribution in [0.15, 0.2) is 30.3 Å². The molecule has 106 valence electrons. The Kier molecular flexibility index (Phi) is 30.5. The van der Waals surface area contributed by atoms with Gasteiger partial charge in [0.2, 0.25) is 0 Å². The van der Waals surface area contributed by atoms with Crippen molar-refractivity contribution in [3.05, 3.63) is 72.9 Å². The summed E-state index contributed by atoms with van der Waals surface area (Å²) in [5.74, 6) is 0.859.